The lowest BCUT2D eigenvalue weighted by Gasteiger charge is -2.22. The molecule has 1 heterocycles. The van der Waals surface area contributed by atoms with E-state index in [0.29, 0.717) is 22.6 Å². The SMILES string of the molecule is COc1ccc(N(CCC(=O)Nc2cccc3cccnc23)S(C)(=O)=O)cc1. The molecule has 2 aromatic carbocycles. The van der Waals surface area contributed by atoms with Gasteiger partial charge in [-0.05, 0) is 36.4 Å². The quantitative estimate of drug-likeness (QED) is 0.660. The van der Waals surface area contributed by atoms with Crippen molar-refractivity contribution in [3.63, 3.8) is 0 Å². The fraction of sp³-hybridized carbons (Fsp3) is 0.200. The number of anilines is 2. The molecule has 0 unspecified atom stereocenters. The number of hydrogen-bond acceptors (Lipinski definition) is 5. The Kier molecular flexibility index (Phi) is 5.79. The van der Waals surface area contributed by atoms with Crippen molar-refractivity contribution < 1.29 is 17.9 Å². The summed E-state index contributed by atoms with van der Waals surface area (Å²) in [5.41, 5.74) is 1.76. The van der Waals surface area contributed by atoms with Crippen molar-refractivity contribution in [2.24, 2.45) is 0 Å². The average Bonchev–Trinajstić information content (AvgIpc) is 2.68. The molecule has 0 radical (unpaired) electrons. The van der Waals surface area contributed by atoms with E-state index in [1.54, 1.807) is 36.5 Å². The van der Waals surface area contributed by atoms with Crippen LogP contribution in [0.2, 0.25) is 0 Å². The van der Waals surface area contributed by atoms with Gasteiger partial charge < -0.3 is 10.1 Å². The predicted molar refractivity (Wildman–Crippen MR) is 110 cm³/mol. The highest BCUT2D eigenvalue weighted by molar-refractivity contribution is 7.92. The van der Waals surface area contributed by atoms with Crippen molar-refractivity contribution in [3.05, 3.63) is 60.8 Å². The Bertz CT molecular complexity index is 1080. The third kappa shape index (κ3) is 4.58. The molecule has 7 nitrogen and oxygen atoms in total. The molecule has 3 rings (SSSR count). The summed E-state index contributed by atoms with van der Waals surface area (Å²) in [5, 5.41) is 3.73. The maximum absolute atomic E-state index is 12.4. The van der Waals surface area contributed by atoms with Crippen molar-refractivity contribution >= 4 is 38.2 Å². The molecule has 0 aliphatic heterocycles. The Morgan fingerprint density at radius 3 is 2.50 bits per heavy atom. The van der Waals surface area contributed by atoms with Gasteiger partial charge in [0.15, 0.2) is 0 Å². The van der Waals surface area contributed by atoms with Crippen LogP contribution in [0.25, 0.3) is 10.9 Å². The lowest BCUT2D eigenvalue weighted by Crippen LogP contribution is -2.33. The van der Waals surface area contributed by atoms with Gasteiger partial charge in [-0.3, -0.25) is 14.1 Å². The minimum Gasteiger partial charge on any atom is -0.497 e. The molecular formula is C20H21N3O4S. The first-order valence-corrected chi connectivity index (χ1v) is 10.5. The summed E-state index contributed by atoms with van der Waals surface area (Å²) >= 11 is 0. The van der Waals surface area contributed by atoms with Crippen LogP contribution in [-0.4, -0.2) is 39.2 Å². The highest BCUT2D eigenvalue weighted by Gasteiger charge is 2.19. The summed E-state index contributed by atoms with van der Waals surface area (Å²) in [6.07, 6.45) is 2.78. The van der Waals surface area contributed by atoms with Gasteiger partial charge in [-0.25, -0.2) is 8.42 Å². The van der Waals surface area contributed by atoms with Crippen LogP contribution in [0.4, 0.5) is 11.4 Å². The van der Waals surface area contributed by atoms with Crippen LogP contribution in [0.15, 0.2) is 60.8 Å². The minimum atomic E-state index is -3.54. The van der Waals surface area contributed by atoms with E-state index in [-0.39, 0.29) is 18.9 Å². The highest BCUT2D eigenvalue weighted by Crippen LogP contribution is 2.23. The zero-order chi connectivity index (χ0) is 20.1. The van der Waals surface area contributed by atoms with Gasteiger partial charge in [-0.2, -0.15) is 0 Å². The molecule has 8 heteroatoms. The summed E-state index contributed by atoms with van der Waals surface area (Å²) in [5.74, 6) is 0.332. The standard InChI is InChI=1S/C20H21N3O4S/c1-27-17-10-8-16(9-11-17)23(28(2,25)26)14-12-19(24)22-18-7-3-5-15-6-4-13-21-20(15)18/h3-11,13H,12,14H2,1-2H3,(H,22,24). The van der Waals surface area contributed by atoms with Gasteiger partial charge >= 0.3 is 0 Å². The number of carbonyl (C=O) groups is 1. The fourth-order valence-corrected chi connectivity index (χ4v) is 3.78. The molecule has 0 fully saturated rings. The average molecular weight is 399 g/mol. The van der Waals surface area contributed by atoms with Crippen molar-refractivity contribution in [2.75, 3.05) is 29.5 Å². The molecule has 0 atom stereocenters. The Morgan fingerprint density at radius 2 is 1.82 bits per heavy atom. The second-order valence-corrected chi connectivity index (χ2v) is 8.12. The molecule has 0 aliphatic rings. The van der Waals surface area contributed by atoms with E-state index in [1.165, 1.54) is 11.4 Å². The van der Waals surface area contributed by atoms with Crippen LogP contribution in [0, 0.1) is 0 Å². The third-order valence-corrected chi connectivity index (χ3v) is 5.40. The van der Waals surface area contributed by atoms with Gasteiger partial charge in [0, 0.05) is 24.5 Å². The number of pyridine rings is 1. The molecule has 0 aliphatic carbocycles. The molecule has 1 N–H and O–H groups in total. The molecule has 0 spiro atoms. The van der Waals surface area contributed by atoms with Crippen LogP contribution < -0.4 is 14.4 Å². The summed E-state index contributed by atoms with van der Waals surface area (Å²) in [6.45, 7) is 0.0230. The van der Waals surface area contributed by atoms with Gasteiger partial charge in [-0.1, -0.05) is 18.2 Å². The van der Waals surface area contributed by atoms with E-state index >= 15 is 0 Å². The molecular weight excluding hydrogens is 378 g/mol. The number of sulfonamides is 1. The number of benzene rings is 2. The van der Waals surface area contributed by atoms with E-state index in [4.69, 9.17) is 4.74 Å². The first kappa shape index (κ1) is 19.6. The molecule has 3 aromatic rings. The summed E-state index contributed by atoms with van der Waals surface area (Å²) in [4.78, 5) is 16.7. The molecule has 1 amide bonds. The highest BCUT2D eigenvalue weighted by atomic mass is 32.2. The van der Waals surface area contributed by atoms with Crippen LogP contribution >= 0.6 is 0 Å². The Hall–Kier alpha value is -3.13. The maximum atomic E-state index is 12.4. The van der Waals surface area contributed by atoms with Crippen LogP contribution in [-0.2, 0) is 14.8 Å². The van der Waals surface area contributed by atoms with Crippen molar-refractivity contribution in [1.29, 1.82) is 0 Å². The van der Waals surface area contributed by atoms with Crippen LogP contribution in [0.5, 0.6) is 5.75 Å². The second kappa shape index (κ2) is 8.26. The number of nitrogens with zero attached hydrogens (tertiary/aromatic N) is 2. The van der Waals surface area contributed by atoms with E-state index in [1.807, 2.05) is 24.3 Å². The zero-order valence-electron chi connectivity index (χ0n) is 15.6. The Morgan fingerprint density at radius 1 is 1.11 bits per heavy atom. The van der Waals surface area contributed by atoms with Crippen molar-refractivity contribution in [1.82, 2.24) is 4.98 Å². The van der Waals surface area contributed by atoms with Crippen LogP contribution in [0.1, 0.15) is 6.42 Å². The van der Waals surface area contributed by atoms with Gasteiger partial charge in [0.2, 0.25) is 15.9 Å². The largest absolute Gasteiger partial charge is 0.497 e. The lowest BCUT2D eigenvalue weighted by molar-refractivity contribution is -0.116. The lowest BCUT2D eigenvalue weighted by atomic mass is 10.2. The van der Waals surface area contributed by atoms with Gasteiger partial charge in [0.05, 0.1) is 30.3 Å². The van der Waals surface area contributed by atoms with Gasteiger partial charge in [0.25, 0.3) is 0 Å². The number of rotatable bonds is 7. The van der Waals surface area contributed by atoms with E-state index in [0.717, 1.165) is 11.6 Å². The van der Waals surface area contributed by atoms with Crippen molar-refractivity contribution in [2.45, 2.75) is 6.42 Å². The minimum absolute atomic E-state index is 0.00230. The Balaban J connectivity index is 1.73. The normalized spacial score (nSPS) is 11.2. The van der Waals surface area contributed by atoms with E-state index in [9.17, 15) is 13.2 Å². The Labute approximate surface area is 164 Å². The van der Waals surface area contributed by atoms with Gasteiger partial charge in [-0.15, -0.1) is 0 Å². The molecule has 1 aromatic heterocycles. The van der Waals surface area contributed by atoms with E-state index in [2.05, 4.69) is 10.3 Å². The number of para-hydroxylation sites is 1. The van der Waals surface area contributed by atoms with Crippen molar-refractivity contribution in [3.8, 4) is 5.75 Å². The maximum Gasteiger partial charge on any atom is 0.232 e. The number of hydrogen-bond donors (Lipinski definition) is 1. The first-order valence-electron chi connectivity index (χ1n) is 8.64. The smallest absolute Gasteiger partial charge is 0.232 e. The molecule has 28 heavy (non-hydrogen) atoms. The molecule has 0 bridgehead atoms. The number of fused-ring (bicyclic) bond motifs is 1. The van der Waals surface area contributed by atoms with E-state index < -0.39 is 10.0 Å². The predicted octanol–water partition coefficient (Wildman–Crippen LogP) is 3.04. The summed E-state index contributed by atoms with van der Waals surface area (Å²) in [7, 11) is -2.00. The third-order valence-electron chi connectivity index (χ3n) is 4.21. The number of nitrogens with one attached hydrogen (secondary N) is 1. The first-order chi connectivity index (χ1) is 13.4. The summed E-state index contributed by atoms with van der Waals surface area (Å²) < 4.78 is 30.7. The van der Waals surface area contributed by atoms with Crippen LogP contribution in [0.3, 0.4) is 0 Å². The number of methoxy groups -OCH3 is 1. The number of carbonyl (C=O) groups excluding carboxylic acids is 1. The number of amides is 1. The monoisotopic (exact) mass is 399 g/mol. The molecule has 0 saturated carbocycles. The number of aromatic nitrogens is 1. The number of ether oxygens (including phenoxy) is 1. The molecule has 146 valence electrons. The van der Waals surface area contributed by atoms with Gasteiger partial charge in [0.1, 0.15) is 5.75 Å². The second-order valence-electron chi connectivity index (χ2n) is 6.21. The zero-order valence-corrected chi connectivity index (χ0v) is 16.4. The topological polar surface area (TPSA) is 88.6 Å². The molecule has 0 saturated heterocycles. The fourth-order valence-electron chi connectivity index (χ4n) is 2.86. The summed E-state index contributed by atoms with van der Waals surface area (Å²) in [6, 6.07) is 15.9.